The van der Waals surface area contributed by atoms with Crippen molar-refractivity contribution in [2.45, 2.75) is 32.6 Å². The first-order valence-corrected chi connectivity index (χ1v) is 9.61. The molecule has 0 aliphatic heterocycles. The zero-order valence-electron chi connectivity index (χ0n) is 13.4. The third kappa shape index (κ3) is 3.39. The van der Waals surface area contributed by atoms with Gasteiger partial charge in [-0.15, -0.1) is 11.3 Å². The Bertz CT molecular complexity index is 800. The predicted molar refractivity (Wildman–Crippen MR) is 101 cm³/mol. The van der Waals surface area contributed by atoms with Crippen molar-refractivity contribution < 1.29 is 9.59 Å². The Labute approximate surface area is 153 Å². The van der Waals surface area contributed by atoms with Crippen LogP contribution in [0.3, 0.4) is 0 Å². The molecule has 3 N–H and O–H groups in total. The lowest BCUT2D eigenvalue weighted by atomic mass is 9.85. The van der Waals surface area contributed by atoms with E-state index >= 15 is 0 Å². The average molecular weight is 407 g/mol. The quantitative estimate of drug-likeness (QED) is 0.790. The van der Waals surface area contributed by atoms with Crippen molar-refractivity contribution in [2.75, 3.05) is 5.32 Å². The first kappa shape index (κ1) is 17.2. The summed E-state index contributed by atoms with van der Waals surface area (Å²) in [6, 6.07) is 7.16. The number of amides is 2. The Morgan fingerprint density at radius 3 is 2.88 bits per heavy atom. The first-order chi connectivity index (χ1) is 11.5. The van der Waals surface area contributed by atoms with E-state index in [9.17, 15) is 9.59 Å². The molecule has 0 saturated carbocycles. The summed E-state index contributed by atoms with van der Waals surface area (Å²) in [4.78, 5) is 25.6. The van der Waals surface area contributed by atoms with Gasteiger partial charge in [-0.1, -0.05) is 35.3 Å². The second-order valence-corrected chi connectivity index (χ2v) is 8.07. The van der Waals surface area contributed by atoms with Crippen LogP contribution in [-0.4, -0.2) is 11.8 Å². The Morgan fingerprint density at radius 1 is 1.42 bits per heavy atom. The molecule has 0 saturated heterocycles. The van der Waals surface area contributed by atoms with Crippen LogP contribution in [0.2, 0.25) is 0 Å². The molecule has 1 heterocycles. The van der Waals surface area contributed by atoms with Gasteiger partial charge in [0.15, 0.2) is 0 Å². The number of anilines is 1. The van der Waals surface area contributed by atoms with Crippen molar-refractivity contribution in [3.05, 3.63) is 50.3 Å². The van der Waals surface area contributed by atoms with E-state index in [2.05, 4.69) is 28.2 Å². The van der Waals surface area contributed by atoms with Crippen molar-refractivity contribution in [2.24, 2.45) is 11.7 Å². The van der Waals surface area contributed by atoms with Gasteiger partial charge in [0, 0.05) is 14.9 Å². The number of rotatable bonds is 4. The fourth-order valence-electron chi connectivity index (χ4n) is 3.16. The highest BCUT2D eigenvalue weighted by Crippen LogP contribution is 2.40. The molecule has 1 atom stereocenters. The summed E-state index contributed by atoms with van der Waals surface area (Å²) >= 11 is 4.86. The van der Waals surface area contributed by atoms with Crippen molar-refractivity contribution in [3.8, 4) is 0 Å². The third-order valence-corrected chi connectivity index (χ3v) is 6.17. The van der Waals surface area contributed by atoms with E-state index in [1.165, 1.54) is 16.2 Å². The Kier molecular flexibility index (Phi) is 5.06. The number of thiophene rings is 1. The summed E-state index contributed by atoms with van der Waals surface area (Å²) in [5.74, 6) is -0.0538. The number of halogens is 1. The molecule has 6 heteroatoms. The maximum atomic E-state index is 12.5. The predicted octanol–water partition coefficient (Wildman–Crippen LogP) is 4.38. The number of hydrogen-bond acceptors (Lipinski definition) is 3. The minimum absolute atomic E-state index is 0.232. The number of nitrogens with one attached hydrogen (secondary N) is 1. The lowest BCUT2D eigenvalue weighted by Gasteiger charge is -2.20. The number of nitrogens with two attached hydrogens (primary N) is 1. The van der Waals surface area contributed by atoms with Gasteiger partial charge in [-0.2, -0.15) is 0 Å². The minimum Gasteiger partial charge on any atom is -0.365 e. The number of hydrogen-bond donors (Lipinski definition) is 2. The van der Waals surface area contributed by atoms with E-state index in [0.717, 1.165) is 35.7 Å². The van der Waals surface area contributed by atoms with Crippen LogP contribution in [0, 0.1) is 5.92 Å². The lowest BCUT2D eigenvalue weighted by Crippen LogP contribution is -2.19. The SMILES string of the molecule is CCC1CCc2c(sc(NC(=O)c3cccc(Br)c3)c2C(N)=O)C1. The lowest BCUT2D eigenvalue weighted by molar-refractivity contribution is 0.1000. The topological polar surface area (TPSA) is 72.2 Å². The Hall–Kier alpha value is -1.66. The highest BCUT2D eigenvalue weighted by molar-refractivity contribution is 9.10. The molecule has 1 aromatic carbocycles. The molecule has 1 aliphatic carbocycles. The number of benzene rings is 1. The van der Waals surface area contributed by atoms with Gasteiger partial charge in [-0.05, 0) is 48.9 Å². The standard InChI is InChI=1S/C18H19BrN2O2S/c1-2-10-6-7-13-14(8-10)24-18(15(13)16(20)22)21-17(23)11-4-3-5-12(19)9-11/h3-5,9-10H,2,6-8H2,1H3,(H2,20,22)(H,21,23). The van der Waals surface area contributed by atoms with Gasteiger partial charge in [0.1, 0.15) is 5.00 Å². The number of fused-ring (bicyclic) bond motifs is 1. The van der Waals surface area contributed by atoms with Crippen LogP contribution in [-0.2, 0) is 12.8 Å². The summed E-state index contributed by atoms with van der Waals surface area (Å²) in [7, 11) is 0. The molecule has 0 spiro atoms. The van der Waals surface area contributed by atoms with E-state index in [4.69, 9.17) is 5.73 Å². The summed E-state index contributed by atoms with van der Waals surface area (Å²) in [5.41, 5.74) is 7.66. The fraction of sp³-hybridized carbons (Fsp3) is 0.333. The highest BCUT2D eigenvalue weighted by Gasteiger charge is 2.28. The number of carbonyl (C=O) groups excluding carboxylic acids is 2. The van der Waals surface area contributed by atoms with Crippen LogP contribution in [0.1, 0.15) is 50.9 Å². The number of carbonyl (C=O) groups is 2. The maximum Gasteiger partial charge on any atom is 0.256 e. The molecule has 1 unspecified atom stereocenters. The normalized spacial score (nSPS) is 16.5. The Morgan fingerprint density at radius 2 is 2.21 bits per heavy atom. The molecule has 3 rings (SSSR count). The van der Waals surface area contributed by atoms with Crippen molar-refractivity contribution in [1.29, 1.82) is 0 Å². The zero-order valence-corrected chi connectivity index (χ0v) is 15.8. The zero-order chi connectivity index (χ0) is 17.3. The minimum atomic E-state index is -0.466. The molecule has 2 aromatic rings. The van der Waals surface area contributed by atoms with Crippen molar-refractivity contribution in [3.63, 3.8) is 0 Å². The molecule has 1 aliphatic rings. The molecule has 0 bridgehead atoms. The molecule has 1 aromatic heterocycles. The van der Waals surface area contributed by atoms with E-state index in [1.54, 1.807) is 18.2 Å². The summed E-state index contributed by atoms with van der Waals surface area (Å²) in [6.45, 7) is 2.19. The van der Waals surface area contributed by atoms with Crippen molar-refractivity contribution in [1.82, 2.24) is 0 Å². The van der Waals surface area contributed by atoms with Crippen molar-refractivity contribution >= 4 is 44.1 Å². The van der Waals surface area contributed by atoms with Gasteiger partial charge in [-0.25, -0.2) is 0 Å². The van der Waals surface area contributed by atoms with Crippen LogP contribution in [0.4, 0.5) is 5.00 Å². The monoisotopic (exact) mass is 406 g/mol. The average Bonchev–Trinajstić information content (AvgIpc) is 2.91. The number of primary amides is 1. The van der Waals surface area contributed by atoms with Gasteiger partial charge in [-0.3, -0.25) is 9.59 Å². The van der Waals surface area contributed by atoms with E-state index in [-0.39, 0.29) is 5.91 Å². The highest BCUT2D eigenvalue weighted by atomic mass is 79.9. The van der Waals surface area contributed by atoms with Gasteiger partial charge >= 0.3 is 0 Å². The Balaban J connectivity index is 1.92. The van der Waals surface area contributed by atoms with Gasteiger partial charge in [0.2, 0.25) is 0 Å². The summed E-state index contributed by atoms with van der Waals surface area (Å²) in [5, 5.41) is 3.46. The largest absolute Gasteiger partial charge is 0.365 e. The fourth-order valence-corrected chi connectivity index (χ4v) is 4.92. The second kappa shape index (κ2) is 7.07. The van der Waals surface area contributed by atoms with Crippen LogP contribution >= 0.6 is 27.3 Å². The molecule has 126 valence electrons. The van der Waals surface area contributed by atoms with Crippen LogP contribution in [0.25, 0.3) is 0 Å². The molecule has 24 heavy (non-hydrogen) atoms. The summed E-state index contributed by atoms with van der Waals surface area (Å²) in [6.07, 6.45) is 4.02. The van der Waals surface area contributed by atoms with Crippen LogP contribution < -0.4 is 11.1 Å². The smallest absolute Gasteiger partial charge is 0.256 e. The molecule has 2 amide bonds. The molecule has 0 radical (unpaired) electrons. The van der Waals surface area contributed by atoms with Gasteiger partial charge in [0.05, 0.1) is 5.56 Å². The second-order valence-electron chi connectivity index (χ2n) is 6.05. The summed E-state index contributed by atoms with van der Waals surface area (Å²) < 4.78 is 0.835. The maximum absolute atomic E-state index is 12.5. The van der Waals surface area contributed by atoms with Crippen LogP contribution in [0.15, 0.2) is 28.7 Å². The van der Waals surface area contributed by atoms with E-state index < -0.39 is 5.91 Å². The first-order valence-electron chi connectivity index (χ1n) is 8.00. The molecular formula is C18H19BrN2O2S. The third-order valence-electron chi connectivity index (χ3n) is 4.50. The van der Waals surface area contributed by atoms with Crippen LogP contribution in [0.5, 0.6) is 0 Å². The molecular weight excluding hydrogens is 388 g/mol. The van der Waals surface area contributed by atoms with E-state index in [0.29, 0.717) is 22.0 Å². The molecule has 4 nitrogen and oxygen atoms in total. The van der Waals surface area contributed by atoms with E-state index in [1.807, 2.05) is 6.07 Å². The van der Waals surface area contributed by atoms with Gasteiger partial charge in [0.25, 0.3) is 11.8 Å². The molecule has 0 fully saturated rings. The van der Waals surface area contributed by atoms with Gasteiger partial charge < -0.3 is 11.1 Å².